The fraction of sp³-hybridized carbons (Fsp3) is 0.438. The molecule has 2 aromatic heterocycles. The lowest BCUT2D eigenvalue weighted by atomic mass is 10.0. The van der Waals surface area contributed by atoms with Crippen molar-refractivity contribution in [1.29, 1.82) is 0 Å². The molecule has 0 saturated heterocycles. The Bertz CT molecular complexity index is 779. The molecule has 1 fully saturated rings. The van der Waals surface area contributed by atoms with Crippen LogP contribution in [0.3, 0.4) is 0 Å². The molecule has 4 rings (SSSR count). The van der Waals surface area contributed by atoms with Crippen LogP contribution >= 0.6 is 0 Å². The predicted molar refractivity (Wildman–Crippen MR) is 85.1 cm³/mol. The minimum Gasteiger partial charge on any atom is -0.393 e. The zero-order valence-electron chi connectivity index (χ0n) is 12.9. The Balaban J connectivity index is 1.40. The maximum Gasteiger partial charge on any atom is 0.229 e. The van der Waals surface area contributed by atoms with Crippen LogP contribution in [0.2, 0.25) is 0 Å². The first-order valence-corrected chi connectivity index (χ1v) is 7.86. The smallest absolute Gasteiger partial charge is 0.229 e. The number of benzene rings is 1. The zero-order valence-corrected chi connectivity index (χ0v) is 12.9. The fourth-order valence-corrected chi connectivity index (χ4v) is 3.27. The number of aromatic amines is 1. The third-order valence-corrected chi connectivity index (χ3v) is 4.47. The summed E-state index contributed by atoms with van der Waals surface area (Å²) in [5.41, 5.74) is 1.93. The molecule has 3 atom stereocenters. The number of nitrogens with zero attached hydrogens (tertiary/aromatic N) is 3. The van der Waals surface area contributed by atoms with E-state index in [4.69, 9.17) is 4.52 Å². The molecule has 7 heteroatoms. The Morgan fingerprint density at radius 1 is 1.30 bits per heavy atom. The molecule has 1 saturated carbocycles. The van der Waals surface area contributed by atoms with Gasteiger partial charge < -0.3 is 19.9 Å². The van der Waals surface area contributed by atoms with E-state index in [9.17, 15) is 5.11 Å². The van der Waals surface area contributed by atoms with Gasteiger partial charge in [0.05, 0.1) is 17.1 Å². The first-order chi connectivity index (χ1) is 11.2. The first-order valence-electron chi connectivity index (χ1n) is 7.86. The number of aliphatic hydroxyl groups excluding tert-OH is 1. The molecule has 23 heavy (non-hydrogen) atoms. The van der Waals surface area contributed by atoms with E-state index in [2.05, 4.69) is 25.4 Å². The van der Waals surface area contributed by atoms with E-state index in [0.29, 0.717) is 24.7 Å². The van der Waals surface area contributed by atoms with Gasteiger partial charge in [-0.15, -0.1) is 0 Å². The lowest BCUT2D eigenvalue weighted by molar-refractivity contribution is 0.137. The number of hydrogen-bond donors (Lipinski definition) is 3. The number of anilines is 1. The minimum absolute atomic E-state index is 0.133. The standard InChI is InChI=1S/C16H19N5O2/c1-9-18-15(23-21-9)10-6-11(14(22)7-10)8-17-16-19-12-4-2-3-5-13(12)20-16/h2-5,10-11,14,22H,6-8H2,1H3,(H2,17,19,20)/t10-,11+,14+/m0/s1. The third kappa shape index (κ3) is 2.79. The fourth-order valence-electron chi connectivity index (χ4n) is 3.27. The van der Waals surface area contributed by atoms with Gasteiger partial charge in [0.25, 0.3) is 0 Å². The van der Waals surface area contributed by atoms with Gasteiger partial charge in [-0.05, 0) is 31.9 Å². The second kappa shape index (κ2) is 5.66. The van der Waals surface area contributed by atoms with Crippen LogP contribution in [0.15, 0.2) is 28.8 Å². The van der Waals surface area contributed by atoms with E-state index >= 15 is 0 Å². The quantitative estimate of drug-likeness (QED) is 0.683. The maximum absolute atomic E-state index is 10.3. The molecule has 1 aliphatic carbocycles. The summed E-state index contributed by atoms with van der Waals surface area (Å²) in [6, 6.07) is 7.90. The summed E-state index contributed by atoms with van der Waals surface area (Å²) in [4.78, 5) is 12.0. The third-order valence-electron chi connectivity index (χ3n) is 4.47. The van der Waals surface area contributed by atoms with E-state index < -0.39 is 0 Å². The zero-order chi connectivity index (χ0) is 15.8. The van der Waals surface area contributed by atoms with Gasteiger partial charge in [-0.25, -0.2) is 4.98 Å². The van der Waals surface area contributed by atoms with E-state index in [-0.39, 0.29) is 17.9 Å². The molecule has 0 unspecified atom stereocenters. The SMILES string of the molecule is Cc1noc([C@H]2C[C@H](CNc3nc4ccccc4[nH]3)[C@H](O)C2)n1. The lowest BCUT2D eigenvalue weighted by Gasteiger charge is -2.14. The summed E-state index contributed by atoms with van der Waals surface area (Å²) < 4.78 is 5.24. The molecule has 3 aromatic rings. The van der Waals surface area contributed by atoms with Crippen LogP contribution in [-0.2, 0) is 0 Å². The average Bonchev–Trinajstić information content (AvgIpc) is 3.23. The summed E-state index contributed by atoms with van der Waals surface area (Å²) >= 11 is 0. The maximum atomic E-state index is 10.3. The second-order valence-electron chi connectivity index (χ2n) is 6.16. The van der Waals surface area contributed by atoms with E-state index in [1.807, 2.05) is 24.3 Å². The Labute approximate surface area is 133 Å². The van der Waals surface area contributed by atoms with E-state index in [1.165, 1.54) is 0 Å². The van der Waals surface area contributed by atoms with Gasteiger partial charge in [0.2, 0.25) is 11.8 Å². The monoisotopic (exact) mass is 313 g/mol. The number of para-hydroxylation sites is 2. The largest absolute Gasteiger partial charge is 0.393 e. The Kier molecular flexibility index (Phi) is 3.49. The average molecular weight is 313 g/mol. The van der Waals surface area contributed by atoms with Gasteiger partial charge in [0, 0.05) is 18.4 Å². The number of imidazole rings is 1. The number of nitrogens with one attached hydrogen (secondary N) is 2. The number of rotatable bonds is 4. The molecule has 0 radical (unpaired) electrons. The van der Waals surface area contributed by atoms with Crippen LogP contribution in [0.1, 0.15) is 30.5 Å². The van der Waals surface area contributed by atoms with E-state index in [1.54, 1.807) is 6.92 Å². The van der Waals surface area contributed by atoms with Crippen molar-refractivity contribution in [2.24, 2.45) is 5.92 Å². The van der Waals surface area contributed by atoms with Crippen molar-refractivity contribution in [2.75, 3.05) is 11.9 Å². The number of aromatic nitrogens is 4. The summed E-state index contributed by atoms with van der Waals surface area (Å²) in [6.07, 6.45) is 1.12. The van der Waals surface area contributed by atoms with Crippen molar-refractivity contribution < 1.29 is 9.63 Å². The summed E-state index contributed by atoms with van der Waals surface area (Å²) in [7, 11) is 0. The summed E-state index contributed by atoms with van der Waals surface area (Å²) in [5.74, 6) is 2.27. The normalized spacial score (nSPS) is 24.3. The summed E-state index contributed by atoms with van der Waals surface area (Å²) in [6.45, 7) is 2.46. The van der Waals surface area contributed by atoms with Gasteiger partial charge in [0.15, 0.2) is 5.82 Å². The molecule has 120 valence electrons. The number of aryl methyl sites for hydroxylation is 1. The molecule has 7 nitrogen and oxygen atoms in total. The van der Waals surface area contributed by atoms with Crippen LogP contribution in [-0.4, -0.2) is 37.9 Å². The molecular weight excluding hydrogens is 294 g/mol. The lowest BCUT2D eigenvalue weighted by Crippen LogP contribution is -2.22. The highest BCUT2D eigenvalue weighted by molar-refractivity contribution is 5.77. The Hall–Kier alpha value is -2.41. The van der Waals surface area contributed by atoms with Gasteiger partial charge >= 0.3 is 0 Å². The van der Waals surface area contributed by atoms with E-state index in [0.717, 1.165) is 23.4 Å². The molecule has 1 aromatic carbocycles. The number of fused-ring (bicyclic) bond motifs is 1. The van der Waals surface area contributed by atoms with Crippen LogP contribution in [0.4, 0.5) is 5.95 Å². The molecule has 0 bridgehead atoms. The molecule has 0 spiro atoms. The number of aliphatic hydroxyl groups is 1. The number of H-pyrrole nitrogens is 1. The van der Waals surface area contributed by atoms with Gasteiger partial charge in [0.1, 0.15) is 0 Å². The van der Waals surface area contributed by atoms with Crippen molar-refractivity contribution in [2.45, 2.75) is 31.8 Å². The molecular formula is C16H19N5O2. The van der Waals surface area contributed by atoms with Crippen molar-refractivity contribution in [3.63, 3.8) is 0 Å². The van der Waals surface area contributed by atoms with Crippen LogP contribution in [0, 0.1) is 12.8 Å². The van der Waals surface area contributed by atoms with Crippen molar-refractivity contribution in [3.8, 4) is 0 Å². The van der Waals surface area contributed by atoms with Gasteiger partial charge in [-0.3, -0.25) is 0 Å². The van der Waals surface area contributed by atoms with Gasteiger partial charge in [-0.1, -0.05) is 17.3 Å². The number of hydrogen-bond acceptors (Lipinski definition) is 6. The second-order valence-corrected chi connectivity index (χ2v) is 6.16. The first kappa shape index (κ1) is 14.2. The van der Waals surface area contributed by atoms with Crippen LogP contribution < -0.4 is 5.32 Å². The molecule has 1 aliphatic rings. The predicted octanol–water partition coefficient (Wildman–Crippen LogP) is 2.22. The Morgan fingerprint density at radius 2 is 2.17 bits per heavy atom. The molecule has 0 amide bonds. The highest BCUT2D eigenvalue weighted by Gasteiger charge is 2.36. The highest BCUT2D eigenvalue weighted by Crippen LogP contribution is 2.37. The van der Waals surface area contributed by atoms with Crippen molar-refractivity contribution in [1.82, 2.24) is 20.1 Å². The molecule has 3 N–H and O–H groups in total. The Morgan fingerprint density at radius 3 is 2.96 bits per heavy atom. The topological polar surface area (TPSA) is 99.9 Å². The highest BCUT2D eigenvalue weighted by atomic mass is 16.5. The molecule has 0 aliphatic heterocycles. The van der Waals surface area contributed by atoms with Crippen molar-refractivity contribution in [3.05, 3.63) is 36.0 Å². The summed E-state index contributed by atoms with van der Waals surface area (Å²) in [5, 5.41) is 17.4. The van der Waals surface area contributed by atoms with Crippen molar-refractivity contribution >= 4 is 17.0 Å². The molecule has 2 heterocycles. The van der Waals surface area contributed by atoms with Crippen LogP contribution in [0.25, 0.3) is 11.0 Å². The van der Waals surface area contributed by atoms with Gasteiger partial charge in [-0.2, -0.15) is 4.98 Å². The minimum atomic E-state index is -0.371. The van der Waals surface area contributed by atoms with Crippen LogP contribution in [0.5, 0.6) is 0 Å².